The predicted molar refractivity (Wildman–Crippen MR) is 379 cm³/mol. The minimum atomic E-state index is -0.194. The van der Waals surface area contributed by atoms with Gasteiger partial charge in [0, 0.05) is 67.4 Å². The average Bonchev–Trinajstić information content (AvgIpc) is 1.73. The van der Waals surface area contributed by atoms with E-state index in [1.54, 1.807) is 0 Å². The van der Waals surface area contributed by atoms with Crippen molar-refractivity contribution in [1.82, 2.24) is 0 Å². The van der Waals surface area contributed by atoms with Crippen LogP contribution in [0.2, 0.25) is 0 Å². The fraction of sp³-hybridized carbons (Fsp3) is 0.277. The number of benzene rings is 10. The van der Waals surface area contributed by atoms with Crippen molar-refractivity contribution in [2.45, 2.75) is 150 Å². The maximum Gasteiger partial charge on any atom is 0.252 e. The molecule has 0 saturated heterocycles. The van der Waals surface area contributed by atoms with Gasteiger partial charge in [-0.05, 0) is 194 Å². The fourth-order valence-corrected chi connectivity index (χ4v) is 15.0. The van der Waals surface area contributed by atoms with Gasteiger partial charge in [0.2, 0.25) is 0 Å². The maximum absolute atomic E-state index is 6.70. The number of furan rings is 1. The minimum Gasteiger partial charge on any atom is -0.455 e. The Kier molecular flexibility index (Phi) is 13.7. The van der Waals surface area contributed by atoms with Crippen molar-refractivity contribution in [2.75, 3.05) is 14.7 Å². The predicted octanol–water partition coefficient (Wildman–Crippen LogP) is 21.9. The van der Waals surface area contributed by atoms with Crippen LogP contribution in [0.15, 0.2) is 205 Å². The molecule has 1 fully saturated rings. The minimum absolute atomic E-state index is 0.0123. The van der Waals surface area contributed by atoms with Crippen molar-refractivity contribution < 1.29 is 4.42 Å². The third-order valence-electron chi connectivity index (χ3n) is 19.7. The highest BCUT2D eigenvalue weighted by Gasteiger charge is 2.46. The molecule has 0 radical (unpaired) electrons. The Bertz CT molecular complexity index is 4500. The van der Waals surface area contributed by atoms with Crippen LogP contribution in [0.5, 0.6) is 0 Å². The van der Waals surface area contributed by atoms with Crippen LogP contribution in [-0.2, 0) is 21.7 Å². The Hall–Kier alpha value is -8.54. The topological polar surface area (TPSA) is 22.9 Å². The van der Waals surface area contributed by atoms with Crippen LogP contribution in [0.4, 0.5) is 51.2 Å². The van der Waals surface area contributed by atoms with Gasteiger partial charge in [-0.15, -0.1) is 0 Å². The standard InChI is InChI=1S/C83H84BN3O/c1-52-47-57(54-23-18-19-24-54)48-71-77(52)87(63-42-35-59(36-43-63)81(6,7)8)78-53(2)69(83(12,13)14)51-74-76(78)84(71)70-45-44-64(50-73(70)86(74)62-38-31-56(32-39-62)65-28-22-29-67-66-27-20-21-30-75(66)88-79(65)67)85(61-40-33-58(34-41-61)80(3,4)5)72-46-37-60(82(9,10)11)49-68(72)55-25-16-15-17-26-55/h15-17,20-22,25-51,54H,18-19,23-24H2,1-14H3. The van der Waals surface area contributed by atoms with E-state index in [0.717, 1.165) is 55.8 Å². The van der Waals surface area contributed by atoms with E-state index in [0.29, 0.717) is 5.92 Å². The lowest BCUT2D eigenvalue weighted by Crippen LogP contribution is -2.62. The maximum atomic E-state index is 6.70. The monoisotopic (exact) mass is 1150 g/mol. The zero-order valence-corrected chi connectivity index (χ0v) is 54.3. The number of fused-ring (bicyclic) bond motifs is 7. The number of rotatable bonds is 8. The Morgan fingerprint density at radius 2 is 1.05 bits per heavy atom. The van der Waals surface area contributed by atoms with E-state index in [4.69, 9.17) is 4.42 Å². The molecule has 10 aromatic carbocycles. The highest BCUT2D eigenvalue weighted by molar-refractivity contribution is 7.00. The first kappa shape index (κ1) is 57.2. The molecule has 3 aliphatic rings. The summed E-state index contributed by atoms with van der Waals surface area (Å²) in [5, 5.41) is 2.27. The molecule has 14 rings (SSSR count). The summed E-state index contributed by atoms with van der Waals surface area (Å²) in [6, 6.07) is 76.7. The molecule has 1 aliphatic carbocycles. The molecule has 4 nitrogen and oxygen atoms in total. The molecule has 0 N–H and O–H groups in total. The van der Waals surface area contributed by atoms with E-state index >= 15 is 0 Å². The largest absolute Gasteiger partial charge is 0.455 e. The van der Waals surface area contributed by atoms with Gasteiger partial charge >= 0.3 is 0 Å². The van der Waals surface area contributed by atoms with E-state index in [1.165, 1.54) is 121 Å². The number of para-hydroxylation sites is 2. The first-order valence-electron chi connectivity index (χ1n) is 32.3. The number of hydrogen-bond donors (Lipinski definition) is 0. The Morgan fingerprint density at radius 1 is 0.455 bits per heavy atom. The zero-order valence-electron chi connectivity index (χ0n) is 54.3. The smallest absolute Gasteiger partial charge is 0.252 e. The summed E-state index contributed by atoms with van der Waals surface area (Å²) in [7, 11) is 0. The van der Waals surface area contributed by atoms with Gasteiger partial charge in [0.15, 0.2) is 0 Å². The summed E-state index contributed by atoms with van der Waals surface area (Å²) in [6.45, 7) is 32.8. The van der Waals surface area contributed by atoms with Crippen LogP contribution in [-0.4, -0.2) is 6.71 Å². The summed E-state index contributed by atoms with van der Waals surface area (Å²) in [6.07, 6.45) is 5.04. The van der Waals surface area contributed by atoms with Crippen molar-refractivity contribution in [3.8, 4) is 22.3 Å². The normalized spacial score (nSPS) is 14.4. The zero-order chi connectivity index (χ0) is 61.3. The molecular weight excluding hydrogens is 1070 g/mol. The van der Waals surface area contributed by atoms with E-state index in [9.17, 15) is 0 Å². The van der Waals surface area contributed by atoms with Gasteiger partial charge < -0.3 is 19.1 Å². The van der Waals surface area contributed by atoms with Crippen LogP contribution >= 0.6 is 0 Å². The molecular formula is C83H84BN3O. The van der Waals surface area contributed by atoms with Gasteiger partial charge in [0.05, 0.1) is 5.69 Å². The first-order chi connectivity index (χ1) is 42.0. The lowest BCUT2D eigenvalue weighted by atomic mass is 9.33. The van der Waals surface area contributed by atoms with Gasteiger partial charge in [0.25, 0.3) is 6.71 Å². The molecule has 1 saturated carbocycles. The average molecular weight is 1150 g/mol. The summed E-state index contributed by atoms with van der Waals surface area (Å²) in [5.74, 6) is 0.543. The molecule has 1 aromatic heterocycles. The van der Waals surface area contributed by atoms with E-state index in [-0.39, 0.29) is 28.4 Å². The molecule has 440 valence electrons. The Balaban J connectivity index is 1.07. The van der Waals surface area contributed by atoms with E-state index < -0.39 is 0 Å². The SMILES string of the molecule is Cc1cc(C2CCCC2)cc2c1N(c1ccc(C(C)(C)C)cc1)c1c(C)c(C(C)(C)C)cc3c1B2c1ccc(N(c2ccc(C(C)(C)C)cc2)c2ccc(C(C)(C)C)cc2-c2ccccc2)cc1N3c1ccc(-c2cccc3c2oc2ccccc23)cc1. The van der Waals surface area contributed by atoms with E-state index in [2.05, 4.69) is 312 Å². The van der Waals surface area contributed by atoms with Crippen LogP contribution in [0.25, 0.3) is 44.2 Å². The molecule has 5 heteroatoms. The summed E-state index contributed by atoms with van der Waals surface area (Å²) in [5.41, 5.74) is 30.3. The molecule has 0 unspecified atom stereocenters. The summed E-state index contributed by atoms with van der Waals surface area (Å²) < 4.78 is 6.70. The van der Waals surface area contributed by atoms with Gasteiger partial charge in [-0.1, -0.05) is 223 Å². The third kappa shape index (κ3) is 9.76. The highest BCUT2D eigenvalue weighted by atomic mass is 16.3. The molecule has 0 bridgehead atoms. The first-order valence-corrected chi connectivity index (χ1v) is 32.3. The summed E-state index contributed by atoms with van der Waals surface area (Å²) >= 11 is 0. The molecule has 0 atom stereocenters. The Morgan fingerprint density at radius 3 is 1.72 bits per heavy atom. The van der Waals surface area contributed by atoms with Crippen molar-refractivity contribution in [2.24, 2.45) is 0 Å². The Labute approximate surface area is 524 Å². The second kappa shape index (κ2) is 21.1. The number of nitrogens with zero attached hydrogens (tertiary/aromatic N) is 3. The molecule has 88 heavy (non-hydrogen) atoms. The van der Waals surface area contributed by atoms with Crippen LogP contribution in [0, 0.1) is 13.8 Å². The van der Waals surface area contributed by atoms with E-state index in [1.807, 2.05) is 0 Å². The van der Waals surface area contributed by atoms with Crippen LogP contribution in [0.1, 0.15) is 154 Å². The second-order valence-electron chi connectivity index (χ2n) is 29.8. The second-order valence-corrected chi connectivity index (χ2v) is 29.8. The quantitative estimate of drug-likeness (QED) is 0.141. The number of aryl methyl sites for hydroxylation is 1. The van der Waals surface area contributed by atoms with Gasteiger partial charge in [-0.3, -0.25) is 0 Å². The van der Waals surface area contributed by atoms with Gasteiger partial charge in [-0.2, -0.15) is 0 Å². The highest BCUT2D eigenvalue weighted by Crippen LogP contribution is 2.52. The lowest BCUT2D eigenvalue weighted by Gasteiger charge is -2.47. The van der Waals surface area contributed by atoms with Crippen molar-refractivity contribution >= 4 is 96.2 Å². The lowest BCUT2D eigenvalue weighted by molar-refractivity contribution is 0.586. The van der Waals surface area contributed by atoms with Gasteiger partial charge in [0.1, 0.15) is 11.2 Å². The molecule has 2 aliphatic heterocycles. The molecule has 11 aromatic rings. The van der Waals surface area contributed by atoms with Crippen molar-refractivity contribution in [1.29, 1.82) is 0 Å². The van der Waals surface area contributed by atoms with Gasteiger partial charge in [-0.25, -0.2) is 0 Å². The third-order valence-corrected chi connectivity index (χ3v) is 19.7. The molecule has 0 amide bonds. The van der Waals surface area contributed by atoms with Crippen molar-refractivity contribution in [3.63, 3.8) is 0 Å². The summed E-state index contributed by atoms with van der Waals surface area (Å²) in [4.78, 5) is 7.85. The molecule has 0 spiro atoms. The fourth-order valence-electron chi connectivity index (χ4n) is 15.0. The number of anilines is 9. The van der Waals surface area contributed by atoms with Crippen LogP contribution < -0.4 is 31.1 Å². The number of hydrogen-bond acceptors (Lipinski definition) is 4. The molecule has 3 heterocycles. The van der Waals surface area contributed by atoms with Crippen LogP contribution in [0.3, 0.4) is 0 Å². The van der Waals surface area contributed by atoms with Crippen molar-refractivity contribution in [3.05, 3.63) is 239 Å².